The fourth-order valence-electron chi connectivity index (χ4n) is 2.20. The zero-order valence-electron chi connectivity index (χ0n) is 10.1. The summed E-state index contributed by atoms with van der Waals surface area (Å²) in [6, 6.07) is 0.553. The lowest BCUT2D eigenvalue weighted by Gasteiger charge is -2.32. The highest BCUT2D eigenvalue weighted by Gasteiger charge is 2.26. The average molecular weight is 199 g/mol. The Balaban J connectivity index is 2.52. The van der Waals surface area contributed by atoms with Crippen LogP contribution in [0.5, 0.6) is 0 Å². The summed E-state index contributed by atoms with van der Waals surface area (Å²) < 4.78 is 6.10. The summed E-state index contributed by atoms with van der Waals surface area (Å²) >= 11 is 0. The molecule has 2 unspecified atom stereocenters. The molecule has 0 aromatic carbocycles. The van der Waals surface area contributed by atoms with Gasteiger partial charge in [-0.3, -0.25) is 0 Å². The van der Waals surface area contributed by atoms with Crippen molar-refractivity contribution in [2.24, 2.45) is 0 Å². The van der Waals surface area contributed by atoms with Gasteiger partial charge in [-0.2, -0.15) is 0 Å². The van der Waals surface area contributed by atoms with Crippen LogP contribution >= 0.6 is 0 Å². The van der Waals surface area contributed by atoms with Gasteiger partial charge in [0.25, 0.3) is 0 Å². The van der Waals surface area contributed by atoms with Crippen LogP contribution in [-0.4, -0.2) is 24.8 Å². The molecule has 1 rings (SSSR count). The zero-order chi connectivity index (χ0) is 10.6. The van der Waals surface area contributed by atoms with Crippen molar-refractivity contribution < 1.29 is 4.74 Å². The van der Waals surface area contributed by atoms with Crippen molar-refractivity contribution in [1.29, 1.82) is 0 Å². The van der Waals surface area contributed by atoms with Crippen molar-refractivity contribution in [2.45, 2.75) is 70.6 Å². The number of likely N-dealkylation sites (N-methyl/N-ethyl adjacent to an activating group) is 1. The van der Waals surface area contributed by atoms with E-state index in [1.807, 2.05) is 0 Å². The summed E-state index contributed by atoms with van der Waals surface area (Å²) in [5.41, 5.74) is -0.00981. The van der Waals surface area contributed by atoms with Gasteiger partial charge in [0.2, 0.25) is 0 Å². The van der Waals surface area contributed by atoms with Crippen LogP contribution in [0.3, 0.4) is 0 Å². The fraction of sp³-hybridized carbons (Fsp3) is 1.00. The van der Waals surface area contributed by atoms with Crippen LogP contribution in [0.15, 0.2) is 0 Å². The molecule has 0 heterocycles. The molecule has 0 aromatic heterocycles. The van der Waals surface area contributed by atoms with Crippen molar-refractivity contribution in [3.05, 3.63) is 0 Å². The fourth-order valence-corrected chi connectivity index (χ4v) is 2.20. The van der Waals surface area contributed by atoms with Crippen molar-refractivity contribution in [3.63, 3.8) is 0 Å². The van der Waals surface area contributed by atoms with E-state index in [2.05, 4.69) is 33.1 Å². The van der Waals surface area contributed by atoms with Crippen molar-refractivity contribution in [1.82, 2.24) is 5.32 Å². The van der Waals surface area contributed by atoms with Crippen molar-refractivity contribution in [3.8, 4) is 0 Å². The molecule has 14 heavy (non-hydrogen) atoms. The lowest BCUT2D eigenvalue weighted by molar-refractivity contribution is -0.0764. The molecule has 2 nitrogen and oxygen atoms in total. The van der Waals surface area contributed by atoms with Gasteiger partial charge in [-0.25, -0.2) is 0 Å². The molecule has 0 saturated heterocycles. The van der Waals surface area contributed by atoms with Crippen LogP contribution in [0.25, 0.3) is 0 Å². The molecular formula is C12H25NO. The molecule has 0 aliphatic heterocycles. The topological polar surface area (TPSA) is 21.3 Å². The molecule has 0 spiro atoms. The maximum atomic E-state index is 6.10. The monoisotopic (exact) mass is 199 g/mol. The Morgan fingerprint density at radius 2 is 1.71 bits per heavy atom. The van der Waals surface area contributed by atoms with E-state index in [0.717, 1.165) is 0 Å². The Labute approximate surface area is 88.4 Å². The molecule has 0 bridgehead atoms. The predicted octanol–water partition coefficient (Wildman–Crippen LogP) is 2.72. The van der Waals surface area contributed by atoms with Crippen LogP contribution in [0, 0.1) is 0 Å². The smallest absolute Gasteiger partial charge is 0.0735 e. The lowest BCUT2D eigenvalue weighted by atomic mass is 10.0. The molecule has 1 fully saturated rings. The maximum absolute atomic E-state index is 6.10. The van der Waals surface area contributed by atoms with Gasteiger partial charge in [0.1, 0.15) is 0 Å². The van der Waals surface area contributed by atoms with E-state index in [4.69, 9.17) is 4.74 Å². The SMILES string of the molecule is CNC1CCCCCC1OC(C)(C)C. The van der Waals surface area contributed by atoms with Gasteiger partial charge in [0.15, 0.2) is 0 Å². The Kier molecular flexibility index (Phi) is 4.39. The van der Waals surface area contributed by atoms with Crippen LogP contribution in [-0.2, 0) is 4.74 Å². The van der Waals surface area contributed by atoms with Crippen LogP contribution in [0.4, 0.5) is 0 Å². The number of hydrogen-bond donors (Lipinski definition) is 1. The number of rotatable bonds is 2. The van der Waals surface area contributed by atoms with Crippen LogP contribution in [0.1, 0.15) is 52.9 Å². The van der Waals surface area contributed by atoms with Gasteiger partial charge in [-0.15, -0.1) is 0 Å². The van der Waals surface area contributed by atoms with E-state index >= 15 is 0 Å². The first-order chi connectivity index (χ1) is 6.53. The van der Waals surface area contributed by atoms with Crippen molar-refractivity contribution in [2.75, 3.05) is 7.05 Å². The van der Waals surface area contributed by atoms with E-state index in [-0.39, 0.29) is 5.60 Å². The second-order valence-electron chi connectivity index (χ2n) is 5.30. The number of nitrogens with one attached hydrogen (secondary N) is 1. The molecule has 2 heteroatoms. The third kappa shape index (κ3) is 3.97. The summed E-state index contributed by atoms with van der Waals surface area (Å²) in [5, 5.41) is 3.39. The van der Waals surface area contributed by atoms with Gasteiger partial charge < -0.3 is 10.1 Å². The molecule has 0 radical (unpaired) electrons. The molecule has 1 N–H and O–H groups in total. The quantitative estimate of drug-likeness (QED) is 0.690. The van der Waals surface area contributed by atoms with Gasteiger partial charge >= 0.3 is 0 Å². The standard InChI is InChI=1S/C12H25NO/c1-12(2,3)14-11-9-7-5-6-8-10(11)13-4/h10-11,13H,5-9H2,1-4H3. The molecule has 0 amide bonds. The maximum Gasteiger partial charge on any atom is 0.0735 e. The normalized spacial score (nSPS) is 30.0. The summed E-state index contributed by atoms with van der Waals surface area (Å²) in [6.45, 7) is 6.43. The first-order valence-electron chi connectivity index (χ1n) is 5.88. The largest absolute Gasteiger partial charge is 0.371 e. The minimum absolute atomic E-state index is 0.00981. The van der Waals surface area contributed by atoms with E-state index in [0.29, 0.717) is 12.1 Å². The van der Waals surface area contributed by atoms with Gasteiger partial charge in [-0.1, -0.05) is 19.3 Å². The third-order valence-corrected chi connectivity index (χ3v) is 2.83. The second-order valence-corrected chi connectivity index (χ2v) is 5.30. The van der Waals surface area contributed by atoms with Crippen LogP contribution < -0.4 is 5.32 Å². The molecule has 1 aliphatic rings. The Hall–Kier alpha value is -0.0800. The average Bonchev–Trinajstić information content (AvgIpc) is 2.27. The second kappa shape index (κ2) is 5.13. The predicted molar refractivity (Wildman–Crippen MR) is 60.6 cm³/mol. The van der Waals surface area contributed by atoms with E-state index in [1.165, 1.54) is 32.1 Å². The molecular weight excluding hydrogens is 174 g/mol. The molecule has 1 aliphatic carbocycles. The minimum Gasteiger partial charge on any atom is -0.371 e. The van der Waals surface area contributed by atoms with E-state index < -0.39 is 0 Å². The van der Waals surface area contributed by atoms with Gasteiger partial charge in [-0.05, 0) is 40.7 Å². The van der Waals surface area contributed by atoms with E-state index in [1.54, 1.807) is 0 Å². The van der Waals surface area contributed by atoms with E-state index in [9.17, 15) is 0 Å². The number of hydrogen-bond acceptors (Lipinski definition) is 2. The first kappa shape index (κ1) is 12.0. The third-order valence-electron chi connectivity index (χ3n) is 2.83. The minimum atomic E-state index is -0.00981. The molecule has 1 saturated carbocycles. The Morgan fingerprint density at radius 3 is 2.29 bits per heavy atom. The number of ether oxygens (including phenoxy) is 1. The zero-order valence-corrected chi connectivity index (χ0v) is 10.1. The first-order valence-corrected chi connectivity index (χ1v) is 5.88. The van der Waals surface area contributed by atoms with Gasteiger partial charge in [0.05, 0.1) is 11.7 Å². The summed E-state index contributed by atoms with van der Waals surface area (Å²) in [4.78, 5) is 0. The van der Waals surface area contributed by atoms with Crippen molar-refractivity contribution >= 4 is 0 Å². The molecule has 0 aromatic rings. The Morgan fingerprint density at radius 1 is 1.07 bits per heavy atom. The van der Waals surface area contributed by atoms with Gasteiger partial charge in [0, 0.05) is 6.04 Å². The molecule has 2 atom stereocenters. The highest BCUT2D eigenvalue weighted by molar-refractivity contribution is 4.81. The summed E-state index contributed by atoms with van der Waals surface area (Å²) in [5.74, 6) is 0. The highest BCUT2D eigenvalue weighted by atomic mass is 16.5. The summed E-state index contributed by atoms with van der Waals surface area (Å²) in [6.07, 6.45) is 6.90. The highest BCUT2D eigenvalue weighted by Crippen LogP contribution is 2.24. The lowest BCUT2D eigenvalue weighted by Crippen LogP contribution is -2.42. The van der Waals surface area contributed by atoms with Crippen LogP contribution in [0.2, 0.25) is 0 Å². The molecule has 84 valence electrons. The summed E-state index contributed by atoms with van der Waals surface area (Å²) in [7, 11) is 2.05. The Bertz CT molecular complexity index is 162.